The molecule has 0 unspecified atom stereocenters. The van der Waals surface area contributed by atoms with Gasteiger partial charge in [0.15, 0.2) is 0 Å². The molecule has 158 valence electrons. The molecule has 0 aliphatic heterocycles. The molecule has 0 saturated heterocycles. The van der Waals surface area contributed by atoms with Crippen LogP contribution in [-0.4, -0.2) is 10.5 Å². The molecule has 1 amide bonds. The maximum atomic E-state index is 12.7. The zero-order valence-electron chi connectivity index (χ0n) is 19.1. The Labute approximate surface area is 184 Å². The molecule has 0 radical (unpaired) electrons. The number of nitrogens with one attached hydrogen (secondary N) is 1. The zero-order chi connectivity index (χ0) is 22.8. The van der Waals surface area contributed by atoms with Crippen molar-refractivity contribution < 1.29 is 4.79 Å². The van der Waals surface area contributed by atoms with Crippen LogP contribution < -0.4 is 5.32 Å². The van der Waals surface area contributed by atoms with E-state index in [0.717, 1.165) is 28.2 Å². The first-order chi connectivity index (χ1) is 14.6. The number of anilines is 1. The summed E-state index contributed by atoms with van der Waals surface area (Å²) >= 11 is 0. The highest BCUT2D eigenvalue weighted by Crippen LogP contribution is 2.27. The Morgan fingerprint density at radius 3 is 2.29 bits per heavy atom. The molecule has 0 bridgehead atoms. The summed E-state index contributed by atoms with van der Waals surface area (Å²) in [5.74, 6) is -0.410. The van der Waals surface area contributed by atoms with E-state index in [1.165, 1.54) is 5.56 Å². The Balaban J connectivity index is 1.92. The molecule has 0 aliphatic rings. The summed E-state index contributed by atoms with van der Waals surface area (Å²) in [5, 5.41) is 12.4. The number of carbonyl (C=O) groups excluding carboxylic acids is 1. The van der Waals surface area contributed by atoms with Crippen molar-refractivity contribution in [2.75, 3.05) is 5.32 Å². The van der Waals surface area contributed by atoms with E-state index in [4.69, 9.17) is 0 Å². The summed E-state index contributed by atoms with van der Waals surface area (Å²) < 4.78 is 2.14. The van der Waals surface area contributed by atoms with Crippen molar-refractivity contribution in [1.29, 1.82) is 5.26 Å². The van der Waals surface area contributed by atoms with Gasteiger partial charge in [-0.1, -0.05) is 45.0 Å². The summed E-state index contributed by atoms with van der Waals surface area (Å²) in [7, 11) is 0. The highest BCUT2D eigenvalue weighted by Gasteiger charge is 2.16. The van der Waals surface area contributed by atoms with E-state index in [-0.39, 0.29) is 11.0 Å². The standard InChI is InChI=1S/C27H29N3O/c1-18-8-7-9-24(14-18)29-26(31)22(17-28)16-21-15-19(2)30(20(21)3)25-12-10-23(11-13-25)27(4,5)6/h7-16H,1-6H3,(H,29,31)/b22-16-. The number of aromatic nitrogens is 1. The van der Waals surface area contributed by atoms with Crippen LogP contribution in [0.3, 0.4) is 0 Å². The highest BCUT2D eigenvalue weighted by molar-refractivity contribution is 6.09. The van der Waals surface area contributed by atoms with Crippen molar-refractivity contribution in [2.45, 2.75) is 47.0 Å². The lowest BCUT2D eigenvalue weighted by Crippen LogP contribution is -2.13. The van der Waals surface area contributed by atoms with Gasteiger partial charge in [-0.25, -0.2) is 0 Å². The largest absolute Gasteiger partial charge is 0.321 e. The fourth-order valence-corrected chi connectivity index (χ4v) is 3.67. The number of rotatable bonds is 4. The van der Waals surface area contributed by atoms with Gasteiger partial charge in [0, 0.05) is 22.8 Å². The summed E-state index contributed by atoms with van der Waals surface area (Å²) in [6.45, 7) is 12.6. The van der Waals surface area contributed by atoms with Crippen LogP contribution in [0.2, 0.25) is 0 Å². The molecule has 3 rings (SSSR count). The summed E-state index contributed by atoms with van der Waals surface area (Å²) in [6.07, 6.45) is 1.66. The van der Waals surface area contributed by atoms with Crippen molar-refractivity contribution >= 4 is 17.7 Å². The van der Waals surface area contributed by atoms with Gasteiger partial charge < -0.3 is 9.88 Å². The highest BCUT2D eigenvalue weighted by atomic mass is 16.1. The van der Waals surface area contributed by atoms with Gasteiger partial charge in [0.05, 0.1) is 0 Å². The molecule has 1 aromatic heterocycles. The molecular weight excluding hydrogens is 382 g/mol. The first-order valence-corrected chi connectivity index (χ1v) is 10.4. The number of nitrogens with zero attached hydrogens (tertiary/aromatic N) is 2. The SMILES string of the molecule is Cc1cccc(NC(=O)/C(C#N)=C\c2cc(C)n(-c3ccc(C(C)(C)C)cc3)c2C)c1. The van der Waals surface area contributed by atoms with Crippen molar-refractivity contribution in [2.24, 2.45) is 0 Å². The third-order valence-electron chi connectivity index (χ3n) is 5.40. The Morgan fingerprint density at radius 1 is 1.03 bits per heavy atom. The minimum atomic E-state index is -0.410. The predicted molar refractivity (Wildman–Crippen MR) is 127 cm³/mol. The van der Waals surface area contributed by atoms with Crippen molar-refractivity contribution in [3.63, 3.8) is 0 Å². The van der Waals surface area contributed by atoms with Crippen LogP contribution in [0.25, 0.3) is 11.8 Å². The maximum absolute atomic E-state index is 12.7. The Bertz CT molecular complexity index is 1180. The summed E-state index contributed by atoms with van der Waals surface area (Å²) in [5.41, 5.74) is 7.11. The average Bonchev–Trinajstić information content (AvgIpc) is 2.98. The zero-order valence-corrected chi connectivity index (χ0v) is 19.1. The van der Waals surface area contributed by atoms with E-state index in [0.29, 0.717) is 5.69 Å². The van der Waals surface area contributed by atoms with Crippen LogP contribution in [-0.2, 0) is 10.2 Å². The summed E-state index contributed by atoms with van der Waals surface area (Å²) in [6, 6.07) is 20.1. The second-order valence-electron chi connectivity index (χ2n) is 8.95. The van der Waals surface area contributed by atoms with Crippen molar-refractivity contribution in [3.05, 3.63) is 88.2 Å². The molecule has 0 spiro atoms. The number of nitriles is 1. The van der Waals surface area contributed by atoms with Crippen LogP contribution in [0.1, 0.15) is 48.8 Å². The van der Waals surface area contributed by atoms with Gasteiger partial charge in [-0.05, 0) is 79.3 Å². The number of aryl methyl sites for hydroxylation is 2. The number of hydrogen-bond donors (Lipinski definition) is 1. The third-order valence-corrected chi connectivity index (χ3v) is 5.40. The maximum Gasteiger partial charge on any atom is 0.266 e. The van der Waals surface area contributed by atoms with Crippen LogP contribution >= 0.6 is 0 Å². The minimum Gasteiger partial charge on any atom is -0.321 e. The Morgan fingerprint density at radius 2 is 1.71 bits per heavy atom. The summed E-state index contributed by atoms with van der Waals surface area (Å²) in [4.78, 5) is 12.7. The van der Waals surface area contributed by atoms with Crippen molar-refractivity contribution in [1.82, 2.24) is 4.57 Å². The van der Waals surface area contributed by atoms with Gasteiger partial charge in [0.25, 0.3) is 5.91 Å². The Kier molecular flexibility index (Phi) is 6.17. The van der Waals surface area contributed by atoms with Gasteiger partial charge >= 0.3 is 0 Å². The molecule has 1 heterocycles. The molecule has 3 aromatic rings. The number of benzene rings is 2. The fourth-order valence-electron chi connectivity index (χ4n) is 3.67. The number of amides is 1. The molecular formula is C27H29N3O. The van der Waals surface area contributed by atoms with Crippen molar-refractivity contribution in [3.8, 4) is 11.8 Å². The second-order valence-corrected chi connectivity index (χ2v) is 8.95. The van der Waals surface area contributed by atoms with E-state index in [1.54, 1.807) is 6.08 Å². The molecule has 2 aromatic carbocycles. The molecule has 0 atom stereocenters. The van der Waals surface area contributed by atoms with Gasteiger partial charge in [-0.3, -0.25) is 4.79 Å². The molecule has 0 saturated carbocycles. The molecule has 4 nitrogen and oxygen atoms in total. The van der Waals surface area contributed by atoms with Gasteiger partial charge in [-0.15, -0.1) is 0 Å². The van der Waals surface area contributed by atoms with Crippen LogP contribution in [0, 0.1) is 32.1 Å². The van der Waals surface area contributed by atoms with Crippen LogP contribution in [0.5, 0.6) is 0 Å². The minimum absolute atomic E-state index is 0.0739. The quantitative estimate of drug-likeness (QED) is 0.408. The lowest BCUT2D eigenvalue weighted by molar-refractivity contribution is -0.112. The topological polar surface area (TPSA) is 57.8 Å². The number of hydrogen-bond acceptors (Lipinski definition) is 2. The number of carbonyl (C=O) groups is 1. The van der Waals surface area contributed by atoms with E-state index in [1.807, 2.05) is 57.2 Å². The van der Waals surface area contributed by atoms with E-state index in [2.05, 4.69) is 54.9 Å². The molecule has 31 heavy (non-hydrogen) atoms. The average molecular weight is 412 g/mol. The lowest BCUT2D eigenvalue weighted by Gasteiger charge is -2.20. The van der Waals surface area contributed by atoms with Crippen LogP contribution in [0.4, 0.5) is 5.69 Å². The third kappa shape index (κ3) is 4.95. The molecule has 0 fully saturated rings. The first kappa shape index (κ1) is 22.1. The predicted octanol–water partition coefficient (Wildman–Crippen LogP) is 6.25. The fraction of sp³-hybridized carbons (Fsp3) is 0.259. The second kappa shape index (κ2) is 8.65. The first-order valence-electron chi connectivity index (χ1n) is 10.4. The normalized spacial score (nSPS) is 11.8. The van der Waals surface area contributed by atoms with Gasteiger partial charge in [0.2, 0.25) is 0 Å². The molecule has 0 aliphatic carbocycles. The van der Waals surface area contributed by atoms with Crippen LogP contribution in [0.15, 0.2) is 60.2 Å². The Hall–Kier alpha value is -3.58. The van der Waals surface area contributed by atoms with E-state index in [9.17, 15) is 10.1 Å². The van der Waals surface area contributed by atoms with E-state index >= 15 is 0 Å². The van der Waals surface area contributed by atoms with Gasteiger partial charge in [-0.2, -0.15) is 5.26 Å². The van der Waals surface area contributed by atoms with E-state index < -0.39 is 5.91 Å². The van der Waals surface area contributed by atoms with Gasteiger partial charge in [0.1, 0.15) is 11.6 Å². The molecule has 4 heteroatoms. The monoisotopic (exact) mass is 411 g/mol. The molecule has 1 N–H and O–H groups in total. The smallest absolute Gasteiger partial charge is 0.266 e. The lowest BCUT2D eigenvalue weighted by atomic mass is 9.87.